The standard InChI is InChI=1S/C11H10BrFN4/c12-7-2-1-6(13)5-9(7)16-10-4-3-8(14)11(15)17-10/h1-5H,14H2,(H3,15,16,17). The molecule has 0 atom stereocenters. The van der Waals surface area contributed by atoms with Gasteiger partial charge in [-0.1, -0.05) is 0 Å². The highest BCUT2D eigenvalue weighted by atomic mass is 79.9. The first-order valence-electron chi connectivity index (χ1n) is 4.80. The maximum Gasteiger partial charge on any atom is 0.149 e. The van der Waals surface area contributed by atoms with Gasteiger partial charge in [0.15, 0.2) is 0 Å². The lowest BCUT2D eigenvalue weighted by atomic mass is 10.3. The van der Waals surface area contributed by atoms with Crippen LogP contribution in [0, 0.1) is 5.82 Å². The van der Waals surface area contributed by atoms with Crippen LogP contribution >= 0.6 is 15.9 Å². The highest BCUT2D eigenvalue weighted by Crippen LogP contribution is 2.26. The van der Waals surface area contributed by atoms with Crippen LogP contribution in [0.4, 0.5) is 27.4 Å². The zero-order valence-electron chi connectivity index (χ0n) is 8.74. The Morgan fingerprint density at radius 3 is 2.65 bits per heavy atom. The summed E-state index contributed by atoms with van der Waals surface area (Å²) in [7, 11) is 0. The van der Waals surface area contributed by atoms with E-state index in [4.69, 9.17) is 11.5 Å². The number of benzene rings is 1. The molecule has 17 heavy (non-hydrogen) atoms. The van der Waals surface area contributed by atoms with E-state index >= 15 is 0 Å². The number of halogens is 2. The summed E-state index contributed by atoms with van der Waals surface area (Å²) < 4.78 is 13.8. The summed E-state index contributed by atoms with van der Waals surface area (Å²) in [5, 5.41) is 2.95. The van der Waals surface area contributed by atoms with E-state index in [1.807, 2.05) is 0 Å². The molecule has 6 heteroatoms. The summed E-state index contributed by atoms with van der Waals surface area (Å²) in [4.78, 5) is 4.04. The van der Waals surface area contributed by atoms with Crippen LogP contribution in [0.5, 0.6) is 0 Å². The van der Waals surface area contributed by atoms with Crippen molar-refractivity contribution in [1.29, 1.82) is 0 Å². The van der Waals surface area contributed by atoms with E-state index in [0.29, 0.717) is 17.2 Å². The number of nitrogens with two attached hydrogens (primary N) is 2. The Morgan fingerprint density at radius 2 is 1.94 bits per heavy atom. The van der Waals surface area contributed by atoms with Crippen LogP contribution in [-0.4, -0.2) is 4.98 Å². The molecule has 5 N–H and O–H groups in total. The van der Waals surface area contributed by atoms with Crippen LogP contribution in [0.25, 0.3) is 0 Å². The van der Waals surface area contributed by atoms with Crippen LogP contribution < -0.4 is 16.8 Å². The minimum absolute atomic E-state index is 0.238. The minimum Gasteiger partial charge on any atom is -0.396 e. The summed E-state index contributed by atoms with van der Waals surface area (Å²) in [5.41, 5.74) is 12.1. The smallest absolute Gasteiger partial charge is 0.149 e. The van der Waals surface area contributed by atoms with E-state index in [2.05, 4.69) is 26.2 Å². The Morgan fingerprint density at radius 1 is 1.18 bits per heavy atom. The van der Waals surface area contributed by atoms with Gasteiger partial charge in [0.1, 0.15) is 17.5 Å². The summed E-state index contributed by atoms with van der Waals surface area (Å²) in [6.07, 6.45) is 0. The van der Waals surface area contributed by atoms with Crippen LogP contribution in [0.2, 0.25) is 0 Å². The Hall–Kier alpha value is -1.82. The molecule has 2 rings (SSSR count). The number of rotatable bonds is 2. The SMILES string of the molecule is Nc1ccc(Nc2cc(F)ccc2Br)nc1N. The highest BCUT2D eigenvalue weighted by molar-refractivity contribution is 9.10. The maximum absolute atomic E-state index is 13.1. The van der Waals surface area contributed by atoms with E-state index in [0.717, 1.165) is 4.47 Å². The zero-order valence-corrected chi connectivity index (χ0v) is 10.3. The van der Waals surface area contributed by atoms with E-state index in [9.17, 15) is 4.39 Å². The second kappa shape index (κ2) is 4.58. The maximum atomic E-state index is 13.1. The molecular formula is C11H10BrFN4. The van der Waals surface area contributed by atoms with Gasteiger partial charge in [0, 0.05) is 4.47 Å². The number of nitrogen functional groups attached to an aromatic ring is 2. The van der Waals surface area contributed by atoms with Crippen molar-refractivity contribution in [2.24, 2.45) is 0 Å². The molecule has 0 aliphatic rings. The van der Waals surface area contributed by atoms with Gasteiger partial charge >= 0.3 is 0 Å². The molecule has 2 aromatic rings. The zero-order chi connectivity index (χ0) is 12.4. The minimum atomic E-state index is -0.334. The average Bonchev–Trinajstić information content (AvgIpc) is 2.29. The van der Waals surface area contributed by atoms with Crippen molar-refractivity contribution >= 4 is 38.9 Å². The molecule has 1 aromatic heterocycles. The van der Waals surface area contributed by atoms with Crippen molar-refractivity contribution in [3.05, 3.63) is 40.6 Å². The molecule has 4 nitrogen and oxygen atoms in total. The molecule has 0 fully saturated rings. The van der Waals surface area contributed by atoms with Crippen molar-refractivity contribution in [2.45, 2.75) is 0 Å². The van der Waals surface area contributed by atoms with E-state index < -0.39 is 0 Å². The molecule has 88 valence electrons. The molecule has 0 radical (unpaired) electrons. The van der Waals surface area contributed by atoms with Gasteiger partial charge in [-0.05, 0) is 46.3 Å². The van der Waals surface area contributed by atoms with Crippen LogP contribution in [-0.2, 0) is 0 Å². The van der Waals surface area contributed by atoms with Crippen molar-refractivity contribution in [2.75, 3.05) is 16.8 Å². The Balaban J connectivity index is 2.31. The molecule has 1 aromatic carbocycles. The van der Waals surface area contributed by atoms with Gasteiger partial charge < -0.3 is 16.8 Å². The Labute approximate surface area is 106 Å². The summed E-state index contributed by atoms with van der Waals surface area (Å²) in [5.74, 6) is 0.407. The first kappa shape index (κ1) is 11.7. The quantitative estimate of drug-likeness (QED) is 0.796. The van der Waals surface area contributed by atoms with Gasteiger partial charge in [0.25, 0.3) is 0 Å². The number of nitrogens with zero attached hydrogens (tertiary/aromatic N) is 1. The third-order valence-corrected chi connectivity index (χ3v) is 2.84. The topological polar surface area (TPSA) is 77.0 Å². The van der Waals surface area contributed by atoms with E-state index in [-0.39, 0.29) is 11.6 Å². The largest absolute Gasteiger partial charge is 0.396 e. The number of pyridine rings is 1. The van der Waals surface area contributed by atoms with Crippen molar-refractivity contribution < 1.29 is 4.39 Å². The second-order valence-electron chi connectivity index (χ2n) is 3.42. The highest BCUT2D eigenvalue weighted by Gasteiger charge is 2.04. The van der Waals surface area contributed by atoms with Crippen LogP contribution in [0.3, 0.4) is 0 Å². The molecule has 0 aliphatic carbocycles. The van der Waals surface area contributed by atoms with Crippen LogP contribution in [0.1, 0.15) is 0 Å². The van der Waals surface area contributed by atoms with Gasteiger partial charge in [0.2, 0.25) is 0 Å². The predicted octanol–water partition coefficient (Wildman–Crippen LogP) is 2.89. The molecule has 1 heterocycles. The van der Waals surface area contributed by atoms with Gasteiger partial charge in [-0.15, -0.1) is 0 Å². The normalized spacial score (nSPS) is 10.2. The molecule has 0 aliphatic heterocycles. The van der Waals surface area contributed by atoms with Gasteiger partial charge in [-0.25, -0.2) is 9.37 Å². The fraction of sp³-hybridized carbons (Fsp3) is 0. The van der Waals surface area contributed by atoms with E-state index in [1.54, 1.807) is 18.2 Å². The summed E-state index contributed by atoms with van der Waals surface area (Å²) in [6.45, 7) is 0. The predicted molar refractivity (Wildman–Crippen MR) is 70.4 cm³/mol. The van der Waals surface area contributed by atoms with Crippen molar-refractivity contribution in [3.63, 3.8) is 0 Å². The van der Waals surface area contributed by atoms with E-state index in [1.165, 1.54) is 12.1 Å². The Bertz CT molecular complexity index is 559. The number of anilines is 4. The lowest BCUT2D eigenvalue weighted by Gasteiger charge is -2.09. The molecule has 0 amide bonds. The fourth-order valence-electron chi connectivity index (χ4n) is 1.29. The fourth-order valence-corrected chi connectivity index (χ4v) is 1.63. The van der Waals surface area contributed by atoms with Gasteiger partial charge in [-0.3, -0.25) is 0 Å². The molecule has 0 unspecified atom stereocenters. The first-order valence-corrected chi connectivity index (χ1v) is 5.59. The van der Waals surface area contributed by atoms with Gasteiger partial charge in [0.05, 0.1) is 11.4 Å². The summed E-state index contributed by atoms with van der Waals surface area (Å²) >= 11 is 3.31. The Kier molecular flexibility index (Phi) is 3.14. The number of hydrogen-bond acceptors (Lipinski definition) is 4. The monoisotopic (exact) mass is 296 g/mol. The lowest BCUT2D eigenvalue weighted by molar-refractivity contribution is 0.628. The second-order valence-corrected chi connectivity index (χ2v) is 4.27. The average molecular weight is 297 g/mol. The third kappa shape index (κ3) is 2.65. The van der Waals surface area contributed by atoms with Crippen LogP contribution in [0.15, 0.2) is 34.8 Å². The number of aromatic nitrogens is 1. The first-order chi connectivity index (χ1) is 8.06. The number of hydrogen-bond donors (Lipinski definition) is 3. The van der Waals surface area contributed by atoms with Gasteiger partial charge in [-0.2, -0.15) is 0 Å². The molecule has 0 saturated carbocycles. The third-order valence-electron chi connectivity index (χ3n) is 2.15. The molecule has 0 spiro atoms. The van der Waals surface area contributed by atoms with Crippen molar-refractivity contribution in [3.8, 4) is 0 Å². The number of nitrogens with one attached hydrogen (secondary N) is 1. The van der Waals surface area contributed by atoms with Crippen molar-refractivity contribution in [1.82, 2.24) is 4.98 Å². The molecular weight excluding hydrogens is 287 g/mol. The lowest BCUT2D eigenvalue weighted by Crippen LogP contribution is -2.01. The molecule has 0 bridgehead atoms. The molecule has 0 saturated heterocycles. The summed E-state index contributed by atoms with van der Waals surface area (Å²) in [6, 6.07) is 7.64.